The first-order chi connectivity index (χ1) is 15.1. The van der Waals surface area contributed by atoms with Gasteiger partial charge in [-0.05, 0) is 52.0 Å². The van der Waals surface area contributed by atoms with Crippen LogP contribution in [0.25, 0.3) is 0 Å². The first-order valence-corrected chi connectivity index (χ1v) is 12.0. The van der Waals surface area contributed by atoms with Gasteiger partial charge in [0, 0.05) is 43.6 Å². The smallest absolute Gasteiger partial charge is 0.317 e. The second kappa shape index (κ2) is 8.55. The maximum Gasteiger partial charge on any atom is 0.317 e. The van der Waals surface area contributed by atoms with Crippen LogP contribution in [0.15, 0.2) is 0 Å². The highest BCUT2D eigenvalue weighted by atomic mass is 16.5. The molecule has 7 nitrogen and oxygen atoms in total. The van der Waals surface area contributed by atoms with E-state index in [2.05, 4.69) is 44.0 Å². The van der Waals surface area contributed by atoms with Gasteiger partial charge in [-0.25, -0.2) is 9.78 Å². The van der Waals surface area contributed by atoms with Gasteiger partial charge in [-0.2, -0.15) is 5.26 Å². The van der Waals surface area contributed by atoms with Crippen LogP contribution in [0.3, 0.4) is 0 Å². The quantitative estimate of drug-likeness (QED) is 0.768. The summed E-state index contributed by atoms with van der Waals surface area (Å²) in [6.07, 6.45) is 3.04. The molecule has 1 unspecified atom stereocenters. The summed E-state index contributed by atoms with van der Waals surface area (Å²) in [6.45, 7) is 15.0. The molecule has 1 atom stereocenters. The van der Waals surface area contributed by atoms with Gasteiger partial charge in [0.1, 0.15) is 11.9 Å². The molecule has 0 radical (unpaired) electrons. The third-order valence-electron chi connectivity index (χ3n) is 6.87. The van der Waals surface area contributed by atoms with Crippen molar-refractivity contribution in [2.45, 2.75) is 91.0 Å². The number of fused-ring (bicyclic) bond motifs is 1. The molecule has 0 spiro atoms. The number of hydrogen-bond acceptors (Lipinski definition) is 5. The lowest BCUT2D eigenvalue weighted by molar-refractivity contribution is -0.0407. The highest BCUT2D eigenvalue weighted by molar-refractivity contribution is 5.75. The Labute approximate surface area is 192 Å². The van der Waals surface area contributed by atoms with E-state index >= 15 is 0 Å². The number of anilines is 1. The molecule has 3 aliphatic rings. The maximum atomic E-state index is 12.8. The first kappa shape index (κ1) is 22.8. The lowest BCUT2D eigenvalue weighted by atomic mass is 9.87. The summed E-state index contributed by atoms with van der Waals surface area (Å²) in [5.41, 5.74) is 3.81. The largest absolute Gasteiger partial charge is 0.370 e. The predicted molar refractivity (Wildman–Crippen MR) is 125 cm³/mol. The van der Waals surface area contributed by atoms with Crippen LogP contribution in [0.4, 0.5) is 10.6 Å². The Morgan fingerprint density at radius 2 is 1.94 bits per heavy atom. The van der Waals surface area contributed by atoms with Crippen molar-refractivity contribution in [1.29, 1.82) is 5.26 Å². The number of aromatic nitrogens is 1. The van der Waals surface area contributed by atoms with Gasteiger partial charge in [0.05, 0.1) is 29.5 Å². The van der Waals surface area contributed by atoms with Gasteiger partial charge in [0.2, 0.25) is 0 Å². The van der Waals surface area contributed by atoms with Gasteiger partial charge < -0.3 is 19.9 Å². The molecule has 1 aliphatic carbocycles. The van der Waals surface area contributed by atoms with Crippen molar-refractivity contribution in [3.8, 4) is 6.07 Å². The molecule has 0 aromatic carbocycles. The van der Waals surface area contributed by atoms with E-state index in [1.165, 1.54) is 0 Å². The monoisotopic (exact) mass is 439 g/mol. The molecule has 2 amide bonds. The van der Waals surface area contributed by atoms with Crippen LogP contribution in [-0.2, 0) is 17.8 Å². The van der Waals surface area contributed by atoms with Crippen molar-refractivity contribution < 1.29 is 9.53 Å². The van der Waals surface area contributed by atoms with Crippen molar-refractivity contribution in [3.63, 3.8) is 0 Å². The number of carbonyl (C=O) groups excluding carboxylic acids is 1. The van der Waals surface area contributed by atoms with E-state index in [9.17, 15) is 10.1 Å². The van der Waals surface area contributed by atoms with Gasteiger partial charge in [-0.3, -0.25) is 0 Å². The van der Waals surface area contributed by atoms with Gasteiger partial charge in [0.15, 0.2) is 0 Å². The average molecular weight is 440 g/mol. The molecule has 1 aromatic heterocycles. The van der Waals surface area contributed by atoms with Gasteiger partial charge in [-0.15, -0.1) is 0 Å². The summed E-state index contributed by atoms with van der Waals surface area (Å²) in [4.78, 5) is 22.1. The molecule has 2 aliphatic heterocycles. The first-order valence-electron chi connectivity index (χ1n) is 12.0. The number of rotatable bonds is 4. The van der Waals surface area contributed by atoms with Crippen LogP contribution in [0.5, 0.6) is 0 Å². The average Bonchev–Trinajstić information content (AvgIpc) is 3.56. The maximum absolute atomic E-state index is 12.8. The van der Waals surface area contributed by atoms with Crippen molar-refractivity contribution in [2.24, 2.45) is 5.92 Å². The van der Waals surface area contributed by atoms with Crippen LogP contribution in [0.2, 0.25) is 0 Å². The number of ether oxygens (including phenoxy) is 1. The van der Waals surface area contributed by atoms with E-state index in [1.54, 1.807) is 0 Å². The topological polar surface area (TPSA) is 81.5 Å². The fourth-order valence-electron chi connectivity index (χ4n) is 4.97. The Morgan fingerprint density at radius 3 is 2.53 bits per heavy atom. The Morgan fingerprint density at radius 1 is 1.22 bits per heavy atom. The fourth-order valence-corrected chi connectivity index (χ4v) is 4.97. The molecular weight excluding hydrogens is 402 g/mol. The zero-order chi connectivity index (χ0) is 23.2. The molecule has 4 rings (SSSR count). The molecule has 174 valence electrons. The third-order valence-corrected chi connectivity index (χ3v) is 6.87. The summed E-state index contributed by atoms with van der Waals surface area (Å²) in [5, 5.41) is 13.2. The molecule has 32 heavy (non-hydrogen) atoms. The minimum atomic E-state index is -0.286. The number of pyridine rings is 1. The molecule has 1 saturated carbocycles. The lowest BCUT2D eigenvalue weighted by Crippen LogP contribution is -2.60. The zero-order valence-electron chi connectivity index (χ0n) is 20.4. The van der Waals surface area contributed by atoms with Crippen molar-refractivity contribution in [1.82, 2.24) is 15.2 Å². The van der Waals surface area contributed by atoms with Crippen LogP contribution >= 0.6 is 0 Å². The zero-order valence-corrected chi connectivity index (χ0v) is 20.4. The number of nitrogens with one attached hydrogen (secondary N) is 1. The van der Waals surface area contributed by atoms with E-state index < -0.39 is 0 Å². The molecule has 2 fully saturated rings. The van der Waals surface area contributed by atoms with Gasteiger partial charge >= 0.3 is 6.03 Å². The lowest BCUT2D eigenvalue weighted by Gasteiger charge is -2.44. The van der Waals surface area contributed by atoms with Crippen LogP contribution in [0.1, 0.15) is 82.7 Å². The van der Waals surface area contributed by atoms with Crippen molar-refractivity contribution >= 4 is 11.8 Å². The van der Waals surface area contributed by atoms with E-state index in [4.69, 9.17) is 9.72 Å². The summed E-state index contributed by atoms with van der Waals surface area (Å²) >= 11 is 0. The van der Waals surface area contributed by atoms with Gasteiger partial charge in [-0.1, -0.05) is 13.8 Å². The fraction of sp³-hybridized carbons (Fsp3) is 0.720. The minimum absolute atomic E-state index is 0.00479. The number of nitrogens with zero attached hydrogens (tertiary/aromatic N) is 4. The number of piperazine rings is 1. The highest BCUT2D eigenvalue weighted by Gasteiger charge is 2.39. The van der Waals surface area contributed by atoms with E-state index in [0.717, 1.165) is 41.9 Å². The Bertz CT molecular complexity index is 929. The van der Waals surface area contributed by atoms with E-state index in [0.29, 0.717) is 43.6 Å². The summed E-state index contributed by atoms with van der Waals surface area (Å²) in [6, 6.07) is 2.66. The van der Waals surface area contributed by atoms with E-state index in [-0.39, 0.29) is 23.7 Å². The SMILES string of the molecule is CC(C)NC(=O)N1CCN(c2nc(C3CC3)c3c(c2C#N)CC(C)(C)OC3)CC1C(C)C. The minimum Gasteiger partial charge on any atom is -0.370 e. The highest BCUT2D eigenvalue weighted by Crippen LogP contribution is 2.45. The summed E-state index contributed by atoms with van der Waals surface area (Å²) < 4.78 is 6.10. The molecule has 1 saturated heterocycles. The molecule has 1 aromatic rings. The number of amides is 2. The molecular formula is C25H37N5O2. The third kappa shape index (κ3) is 4.43. The van der Waals surface area contributed by atoms with Crippen LogP contribution in [-0.4, -0.2) is 53.2 Å². The Hall–Kier alpha value is -2.33. The molecule has 0 bridgehead atoms. The predicted octanol–water partition coefficient (Wildman–Crippen LogP) is 3.95. The Kier molecular flexibility index (Phi) is 6.10. The van der Waals surface area contributed by atoms with Crippen molar-refractivity contribution in [3.05, 3.63) is 22.4 Å². The molecule has 1 N–H and O–H groups in total. The summed E-state index contributed by atoms with van der Waals surface area (Å²) in [5.74, 6) is 1.59. The number of urea groups is 1. The Balaban J connectivity index is 1.70. The van der Waals surface area contributed by atoms with Crippen LogP contribution in [0, 0.1) is 17.2 Å². The standard InChI is InChI=1S/C25H37N5O2/c1-15(2)21-13-29(9-10-30(21)24(31)27-16(3)4)23-19(12-26)18-11-25(5,6)32-14-20(18)22(28-23)17-7-8-17/h15-17,21H,7-11,13-14H2,1-6H3,(H,27,31). The summed E-state index contributed by atoms with van der Waals surface area (Å²) in [7, 11) is 0. The van der Waals surface area contributed by atoms with E-state index in [1.807, 2.05) is 18.7 Å². The normalized spacial score (nSPS) is 22.7. The number of nitriles is 1. The molecule has 3 heterocycles. The second-order valence-corrected chi connectivity index (χ2v) is 10.8. The number of carbonyl (C=O) groups is 1. The van der Waals surface area contributed by atoms with Gasteiger partial charge in [0.25, 0.3) is 0 Å². The van der Waals surface area contributed by atoms with Crippen molar-refractivity contribution in [2.75, 3.05) is 24.5 Å². The van der Waals surface area contributed by atoms with Crippen LogP contribution < -0.4 is 10.2 Å². The molecule has 7 heteroatoms. The second-order valence-electron chi connectivity index (χ2n) is 10.8. The number of hydrogen-bond donors (Lipinski definition) is 1.